The number of phenolic OH excluding ortho intramolecular Hbond substituents is 1. The molecule has 0 aliphatic heterocycles. The number of rotatable bonds is 4. The highest BCUT2D eigenvalue weighted by Gasteiger charge is 2.03. The van der Waals surface area contributed by atoms with Gasteiger partial charge in [0.25, 0.3) is 0 Å². The van der Waals surface area contributed by atoms with E-state index in [9.17, 15) is 4.39 Å². The Hall–Kier alpha value is -2.56. The van der Waals surface area contributed by atoms with E-state index in [1.54, 1.807) is 13.1 Å². The second-order valence-electron chi connectivity index (χ2n) is 5.05. The van der Waals surface area contributed by atoms with Crippen molar-refractivity contribution < 1.29 is 9.50 Å². The first kappa shape index (κ1) is 15.8. The van der Waals surface area contributed by atoms with Crippen LogP contribution >= 0.6 is 0 Å². The van der Waals surface area contributed by atoms with Gasteiger partial charge in [0.1, 0.15) is 0 Å². The number of halogens is 1. The van der Waals surface area contributed by atoms with Crippen LogP contribution in [0.4, 0.5) is 4.39 Å². The second-order valence-corrected chi connectivity index (χ2v) is 5.05. The highest BCUT2D eigenvalue weighted by Crippen LogP contribution is 2.15. The van der Waals surface area contributed by atoms with Crippen LogP contribution < -0.4 is 10.6 Å². The summed E-state index contributed by atoms with van der Waals surface area (Å²) in [6, 6.07) is 12.6. The zero-order valence-electron chi connectivity index (χ0n) is 12.7. The van der Waals surface area contributed by atoms with Gasteiger partial charge < -0.3 is 15.7 Å². The lowest BCUT2D eigenvalue weighted by Gasteiger charge is -2.12. The van der Waals surface area contributed by atoms with Gasteiger partial charge in [-0.1, -0.05) is 35.9 Å². The van der Waals surface area contributed by atoms with E-state index in [4.69, 9.17) is 5.11 Å². The Kier molecular flexibility index (Phi) is 5.36. The third-order valence-electron chi connectivity index (χ3n) is 3.28. The van der Waals surface area contributed by atoms with Crippen LogP contribution in [0.3, 0.4) is 0 Å². The average Bonchev–Trinajstić information content (AvgIpc) is 2.52. The Morgan fingerprint density at radius 1 is 1.05 bits per heavy atom. The van der Waals surface area contributed by atoms with E-state index < -0.39 is 5.82 Å². The number of aromatic hydroxyl groups is 1. The van der Waals surface area contributed by atoms with Crippen LogP contribution in [0.2, 0.25) is 0 Å². The Morgan fingerprint density at radius 3 is 2.23 bits per heavy atom. The summed E-state index contributed by atoms with van der Waals surface area (Å²) in [7, 11) is 1.68. The number of aryl methyl sites for hydroxylation is 1. The molecule has 0 saturated heterocycles. The lowest BCUT2D eigenvalue weighted by molar-refractivity contribution is 0.431. The van der Waals surface area contributed by atoms with Crippen LogP contribution in [-0.4, -0.2) is 18.1 Å². The Labute approximate surface area is 129 Å². The van der Waals surface area contributed by atoms with Crippen LogP contribution in [-0.2, 0) is 13.1 Å². The molecule has 0 amide bonds. The molecule has 5 heteroatoms. The number of benzene rings is 2. The quantitative estimate of drug-likeness (QED) is 0.601. The Balaban J connectivity index is 1.87. The number of guanidine groups is 1. The molecule has 4 nitrogen and oxygen atoms in total. The van der Waals surface area contributed by atoms with Gasteiger partial charge in [-0.25, -0.2) is 4.39 Å². The van der Waals surface area contributed by atoms with Crippen LogP contribution in [0, 0.1) is 12.7 Å². The summed E-state index contributed by atoms with van der Waals surface area (Å²) in [6.07, 6.45) is 0. The lowest BCUT2D eigenvalue weighted by Crippen LogP contribution is -2.36. The average molecular weight is 301 g/mol. The van der Waals surface area contributed by atoms with Crippen molar-refractivity contribution >= 4 is 5.96 Å². The van der Waals surface area contributed by atoms with Crippen LogP contribution in [0.5, 0.6) is 5.75 Å². The molecule has 0 radical (unpaired) electrons. The van der Waals surface area contributed by atoms with Crippen LogP contribution in [0.1, 0.15) is 16.7 Å². The topological polar surface area (TPSA) is 56.7 Å². The van der Waals surface area contributed by atoms with Crippen molar-refractivity contribution in [3.63, 3.8) is 0 Å². The maximum absolute atomic E-state index is 13.3. The summed E-state index contributed by atoms with van der Waals surface area (Å²) in [5, 5.41) is 15.5. The molecule has 0 bridgehead atoms. The van der Waals surface area contributed by atoms with E-state index in [1.807, 2.05) is 0 Å². The Morgan fingerprint density at radius 2 is 1.64 bits per heavy atom. The van der Waals surface area contributed by atoms with Gasteiger partial charge in [0.15, 0.2) is 17.5 Å². The molecule has 0 atom stereocenters. The smallest absolute Gasteiger partial charge is 0.191 e. The zero-order valence-corrected chi connectivity index (χ0v) is 12.7. The van der Waals surface area contributed by atoms with E-state index >= 15 is 0 Å². The maximum atomic E-state index is 13.3. The van der Waals surface area contributed by atoms with Crippen molar-refractivity contribution in [2.75, 3.05) is 7.05 Å². The summed E-state index contributed by atoms with van der Waals surface area (Å²) in [5.41, 5.74) is 3.11. The van der Waals surface area contributed by atoms with Crippen molar-refractivity contribution in [3.8, 4) is 5.75 Å². The minimum atomic E-state index is -0.623. The van der Waals surface area contributed by atoms with Gasteiger partial charge >= 0.3 is 0 Å². The number of hydrogen-bond donors (Lipinski definition) is 3. The van der Waals surface area contributed by atoms with E-state index in [0.717, 1.165) is 11.1 Å². The second kappa shape index (κ2) is 7.45. The summed E-state index contributed by atoms with van der Waals surface area (Å²) in [4.78, 5) is 4.13. The first-order valence-electron chi connectivity index (χ1n) is 7.06. The van der Waals surface area contributed by atoms with Crippen molar-refractivity contribution in [1.29, 1.82) is 0 Å². The monoisotopic (exact) mass is 301 g/mol. The minimum absolute atomic E-state index is 0.342. The third kappa shape index (κ3) is 4.48. The molecule has 2 aromatic carbocycles. The van der Waals surface area contributed by atoms with Crippen molar-refractivity contribution in [3.05, 3.63) is 65.0 Å². The van der Waals surface area contributed by atoms with E-state index in [2.05, 4.69) is 46.8 Å². The summed E-state index contributed by atoms with van der Waals surface area (Å²) >= 11 is 0. The first-order valence-corrected chi connectivity index (χ1v) is 7.06. The minimum Gasteiger partial charge on any atom is -0.505 e. The highest BCUT2D eigenvalue weighted by molar-refractivity contribution is 5.79. The molecule has 0 unspecified atom stereocenters. The molecular weight excluding hydrogens is 281 g/mol. The molecule has 2 aromatic rings. The molecule has 0 aromatic heterocycles. The summed E-state index contributed by atoms with van der Waals surface area (Å²) in [6.45, 7) is 3.13. The van der Waals surface area contributed by atoms with Crippen molar-refractivity contribution in [2.24, 2.45) is 4.99 Å². The number of hydrogen-bond acceptors (Lipinski definition) is 2. The molecule has 0 heterocycles. The first-order chi connectivity index (χ1) is 10.6. The molecule has 2 rings (SSSR count). The van der Waals surface area contributed by atoms with Gasteiger partial charge in [0.2, 0.25) is 0 Å². The van der Waals surface area contributed by atoms with Crippen LogP contribution in [0.25, 0.3) is 0 Å². The zero-order chi connectivity index (χ0) is 15.9. The molecule has 22 heavy (non-hydrogen) atoms. The van der Waals surface area contributed by atoms with Crippen molar-refractivity contribution in [2.45, 2.75) is 20.0 Å². The fourth-order valence-electron chi connectivity index (χ4n) is 1.96. The largest absolute Gasteiger partial charge is 0.505 e. The normalized spacial score (nSPS) is 11.3. The standard InChI is InChI=1S/C17H20FN3O/c1-12-3-5-13(6-4-12)10-20-17(19-2)21-11-14-7-8-16(22)15(18)9-14/h3-9,22H,10-11H2,1-2H3,(H2,19,20,21). The molecule has 0 saturated carbocycles. The maximum Gasteiger partial charge on any atom is 0.191 e. The van der Waals surface area contributed by atoms with Gasteiger partial charge in [-0.15, -0.1) is 0 Å². The molecule has 116 valence electrons. The van der Waals surface area contributed by atoms with E-state index in [1.165, 1.54) is 17.7 Å². The predicted octanol–water partition coefficient (Wildman–Crippen LogP) is 2.70. The fraction of sp³-hybridized carbons (Fsp3) is 0.235. The van der Waals surface area contributed by atoms with Gasteiger partial charge in [-0.3, -0.25) is 4.99 Å². The van der Waals surface area contributed by atoms with E-state index in [0.29, 0.717) is 19.0 Å². The third-order valence-corrected chi connectivity index (χ3v) is 3.28. The van der Waals surface area contributed by atoms with Gasteiger partial charge in [0.05, 0.1) is 0 Å². The fourth-order valence-corrected chi connectivity index (χ4v) is 1.96. The lowest BCUT2D eigenvalue weighted by atomic mass is 10.1. The van der Waals surface area contributed by atoms with Gasteiger partial charge in [-0.05, 0) is 30.2 Å². The van der Waals surface area contributed by atoms with E-state index in [-0.39, 0.29) is 5.75 Å². The summed E-state index contributed by atoms with van der Waals surface area (Å²) in [5.74, 6) is -0.332. The SMILES string of the molecule is CN=C(NCc1ccc(C)cc1)NCc1ccc(O)c(F)c1. The number of phenols is 1. The van der Waals surface area contributed by atoms with Crippen LogP contribution in [0.15, 0.2) is 47.5 Å². The predicted molar refractivity (Wildman–Crippen MR) is 86.3 cm³/mol. The van der Waals surface area contributed by atoms with Gasteiger partial charge in [-0.2, -0.15) is 0 Å². The number of aliphatic imine (C=N–C) groups is 1. The molecule has 0 aliphatic rings. The summed E-state index contributed by atoms with van der Waals surface area (Å²) < 4.78 is 13.3. The number of nitrogens with one attached hydrogen (secondary N) is 2. The van der Waals surface area contributed by atoms with Gasteiger partial charge in [0, 0.05) is 20.1 Å². The molecule has 0 fully saturated rings. The molecule has 3 N–H and O–H groups in total. The molecule has 0 aliphatic carbocycles. The molecular formula is C17H20FN3O. The highest BCUT2D eigenvalue weighted by atomic mass is 19.1. The Bertz CT molecular complexity index is 653. The number of nitrogens with zero attached hydrogens (tertiary/aromatic N) is 1. The van der Waals surface area contributed by atoms with Crippen molar-refractivity contribution in [1.82, 2.24) is 10.6 Å². The molecule has 0 spiro atoms.